The van der Waals surface area contributed by atoms with Crippen molar-refractivity contribution >= 4 is 21.6 Å². The molecule has 0 spiro atoms. The zero-order chi connectivity index (χ0) is 22.6. The number of hydrogen-bond acceptors (Lipinski definition) is 5. The third-order valence-electron chi connectivity index (χ3n) is 5.34. The Morgan fingerprint density at radius 1 is 1.06 bits per heavy atom. The number of benzene rings is 2. The number of oxazole rings is 1. The molecule has 1 aliphatic rings. The molecule has 168 valence electrons. The van der Waals surface area contributed by atoms with Gasteiger partial charge in [-0.05, 0) is 49.2 Å². The lowest BCUT2D eigenvalue weighted by Gasteiger charge is -2.26. The van der Waals surface area contributed by atoms with E-state index in [1.165, 1.54) is 28.7 Å². The monoisotopic (exact) mass is 457 g/mol. The van der Waals surface area contributed by atoms with Gasteiger partial charge in [0.25, 0.3) is 0 Å². The smallest absolute Gasteiger partial charge is 0.245 e. The molecule has 0 aliphatic carbocycles. The lowest BCUT2D eigenvalue weighted by molar-refractivity contribution is -0.116. The maximum atomic E-state index is 13.1. The number of piperidine rings is 1. The molecule has 0 unspecified atom stereocenters. The van der Waals surface area contributed by atoms with Gasteiger partial charge < -0.3 is 9.73 Å². The Balaban J connectivity index is 1.40. The predicted molar refractivity (Wildman–Crippen MR) is 118 cm³/mol. The number of carbonyl (C=O) groups excluding carboxylic acids is 1. The second-order valence-corrected chi connectivity index (χ2v) is 9.54. The lowest BCUT2D eigenvalue weighted by atomic mass is 10.2. The van der Waals surface area contributed by atoms with Crippen molar-refractivity contribution in [1.29, 1.82) is 0 Å². The minimum absolute atomic E-state index is 0.0709. The summed E-state index contributed by atoms with van der Waals surface area (Å²) in [5.74, 6) is 0.174. The Morgan fingerprint density at radius 3 is 2.53 bits per heavy atom. The maximum Gasteiger partial charge on any atom is 0.245 e. The normalized spacial score (nSPS) is 14.9. The molecule has 1 aliphatic heterocycles. The average molecular weight is 458 g/mol. The number of amides is 1. The van der Waals surface area contributed by atoms with Crippen molar-refractivity contribution in [2.75, 3.05) is 18.4 Å². The number of nitrogens with zero attached hydrogens (tertiary/aromatic N) is 2. The van der Waals surface area contributed by atoms with Crippen LogP contribution in [0.25, 0.3) is 11.3 Å². The zero-order valence-electron chi connectivity index (χ0n) is 17.5. The van der Waals surface area contributed by atoms with E-state index in [1.54, 1.807) is 30.3 Å². The molecule has 1 saturated heterocycles. The zero-order valence-corrected chi connectivity index (χ0v) is 18.3. The molecule has 1 fully saturated rings. The van der Waals surface area contributed by atoms with Crippen molar-refractivity contribution in [3.63, 3.8) is 0 Å². The molecule has 0 radical (unpaired) electrons. The van der Waals surface area contributed by atoms with Gasteiger partial charge in [0, 0.05) is 31.5 Å². The molecule has 1 aromatic heterocycles. The van der Waals surface area contributed by atoms with Crippen molar-refractivity contribution < 1.29 is 22.0 Å². The summed E-state index contributed by atoms with van der Waals surface area (Å²) in [4.78, 5) is 16.8. The molecule has 7 nitrogen and oxygen atoms in total. The fraction of sp³-hybridized carbons (Fsp3) is 0.304. The Morgan fingerprint density at radius 2 is 1.78 bits per heavy atom. The highest BCUT2D eigenvalue weighted by molar-refractivity contribution is 7.89. The molecule has 2 heterocycles. The third-order valence-corrected chi connectivity index (χ3v) is 7.30. The van der Waals surface area contributed by atoms with Crippen LogP contribution in [0.1, 0.15) is 31.6 Å². The maximum absolute atomic E-state index is 13.1. The van der Waals surface area contributed by atoms with Gasteiger partial charge in [-0.2, -0.15) is 4.31 Å². The Bertz CT molecular complexity index is 1190. The summed E-state index contributed by atoms with van der Waals surface area (Å²) in [5.41, 5.74) is 0.953. The van der Waals surface area contributed by atoms with Crippen molar-refractivity contribution in [3.8, 4) is 11.3 Å². The molecule has 4 rings (SSSR count). The molecule has 1 amide bonds. The highest BCUT2D eigenvalue weighted by Gasteiger charge is 2.28. The SMILES string of the molecule is O=C(CCc1ncc(-c2ccc(F)cc2)o1)Nc1ccccc1S(=O)(=O)N1CCCCC1. The number of aromatic nitrogens is 1. The van der Waals surface area contributed by atoms with E-state index in [1.807, 2.05) is 0 Å². The van der Waals surface area contributed by atoms with Crippen LogP contribution in [0.5, 0.6) is 0 Å². The highest BCUT2D eigenvalue weighted by Crippen LogP contribution is 2.27. The number of aryl methyl sites for hydroxylation is 1. The molecule has 32 heavy (non-hydrogen) atoms. The highest BCUT2D eigenvalue weighted by atomic mass is 32.2. The van der Waals surface area contributed by atoms with E-state index < -0.39 is 10.0 Å². The van der Waals surface area contributed by atoms with Crippen LogP contribution >= 0.6 is 0 Å². The number of rotatable bonds is 7. The van der Waals surface area contributed by atoms with Crippen LogP contribution in [0, 0.1) is 5.82 Å². The quantitative estimate of drug-likeness (QED) is 0.573. The van der Waals surface area contributed by atoms with Crippen molar-refractivity contribution in [1.82, 2.24) is 9.29 Å². The number of carbonyl (C=O) groups is 1. The summed E-state index contributed by atoms with van der Waals surface area (Å²) in [6, 6.07) is 12.3. The first-order chi connectivity index (χ1) is 15.4. The first kappa shape index (κ1) is 22.2. The van der Waals surface area contributed by atoms with Gasteiger partial charge in [0.1, 0.15) is 10.7 Å². The van der Waals surface area contributed by atoms with Gasteiger partial charge in [0.05, 0.1) is 11.9 Å². The van der Waals surface area contributed by atoms with Crippen molar-refractivity contribution in [2.45, 2.75) is 37.0 Å². The number of nitrogens with one attached hydrogen (secondary N) is 1. The van der Waals surface area contributed by atoms with Gasteiger partial charge in [0.15, 0.2) is 11.7 Å². The van der Waals surface area contributed by atoms with Crippen LogP contribution in [0.2, 0.25) is 0 Å². The summed E-state index contributed by atoms with van der Waals surface area (Å²) < 4.78 is 46.3. The van der Waals surface area contributed by atoms with E-state index in [-0.39, 0.29) is 35.1 Å². The number of para-hydroxylation sites is 1. The van der Waals surface area contributed by atoms with Crippen LogP contribution in [0.4, 0.5) is 10.1 Å². The van der Waals surface area contributed by atoms with Gasteiger partial charge in [-0.1, -0.05) is 18.6 Å². The predicted octanol–water partition coefficient (Wildman–Crippen LogP) is 4.23. The number of anilines is 1. The van der Waals surface area contributed by atoms with Crippen LogP contribution in [-0.4, -0.2) is 36.7 Å². The van der Waals surface area contributed by atoms with Gasteiger partial charge in [-0.3, -0.25) is 4.79 Å². The molecule has 1 N–H and O–H groups in total. The Hall–Kier alpha value is -3.04. The molecule has 2 aromatic carbocycles. The second-order valence-electron chi connectivity index (χ2n) is 7.63. The van der Waals surface area contributed by atoms with Crippen LogP contribution in [0.3, 0.4) is 0 Å². The number of hydrogen-bond donors (Lipinski definition) is 1. The first-order valence-electron chi connectivity index (χ1n) is 10.5. The standard InChI is InChI=1S/C23H24FN3O4S/c24-18-10-8-17(9-11-18)20-16-25-23(31-20)13-12-22(28)26-19-6-2-3-7-21(19)32(29,30)27-14-4-1-5-15-27/h2-3,6-11,16H,1,4-5,12-15H2,(H,26,28). The summed E-state index contributed by atoms with van der Waals surface area (Å²) in [6.07, 6.45) is 4.54. The summed E-state index contributed by atoms with van der Waals surface area (Å²) in [7, 11) is -3.67. The Labute approximate surface area is 186 Å². The largest absolute Gasteiger partial charge is 0.441 e. The second kappa shape index (κ2) is 9.62. The summed E-state index contributed by atoms with van der Waals surface area (Å²) >= 11 is 0. The summed E-state index contributed by atoms with van der Waals surface area (Å²) in [5, 5.41) is 2.71. The fourth-order valence-corrected chi connectivity index (χ4v) is 5.31. The number of sulfonamides is 1. The van der Waals surface area contributed by atoms with E-state index in [2.05, 4.69) is 10.3 Å². The number of halogens is 1. The minimum atomic E-state index is -3.67. The molecule has 3 aromatic rings. The van der Waals surface area contributed by atoms with Gasteiger partial charge in [-0.15, -0.1) is 0 Å². The lowest BCUT2D eigenvalue weighted by Crippen LogP contribution is -2.36. The summed E-state index contributed by atoms with van der Waals surface area (Å²) in [6.45, 7) is 0.982. The third kappa shape index (κ3) is 5.05. The molecule has 9 heteroatoms. The Kier molecular flexibility index (Phi) is 6.66. The molecule has 0 saturated carbocycles. The van der Waals surface area contributed by atoms with Gasteiger partial charge >= 0.3 is 0 Å². The van der Waals surface area contributed by atoms with E-state index >= 15 is 0 Å². The van der Waals surface area contributed by atoms with E-state index in [0.29, 0.717) is 30.3 Å². The molecule has 0 atom stereocenters. The average Bonchev–Trinajstić information content (AvgIpc) is 3.28. The van der Waals surface area contributed by atoms with Crippen molar-refractivity contribution in [3.05, 3.63) is 66.4 Å². The van der Waals surface area contributed by atoms with Crippen LogP contribution < -0.4 is 5.32 Å². The van der Waals surface area contributed by atoms with E-state index in [9.17, 15) is 17.6 Å². The molecular weight excluding hydrogens is 433 g/mol. The van der Waals surface area contributed by atoms with Crippen LogP contribution in [0.15, 0.2) is 64.0 Å². The van der Waals surface area contributed by atoms with E-state index in [4.69, 9.17) is 4.42 Å². The minimum Gasteiger partial charge on any atom is -0.441 e. The van der Waals surface area contributed by atoms with Gasteiger partial charge in [-0.25, -0.2) is 17.8 Å². The topological polar surface area (TPSA) is 92.5 Å². The first-order valence-corrected chi connectivity index (χ1v) is 12.0. The van der Waals surface area contributed by atoms with Crippen LogP contribution in [-0.2, 0) is 21.2 Å². The van der Waals surface area contributed by atoms with Gasteiger partial charge in [0.2, 0.25) is 15.9 Å². The molecular formula is C23H24FN3O4S. The van der Waals surface area contributed by atoms with E-state index in [0.717, 1.165) is 19.3 Å². The van der Waals surface area contributed by atoms with Crippen molar-refractivity contribution in [2.24, 2.45) is 0 Å². The molecule has 0 bridgehead atoms. The fourth-order valence-electron chi connectivity index (χ4n) is 3.65.